The van der Waals surface area contributed by atoms with Gasteiger partial charge in [-0.15, -0.1) is 0 Å². The summed E-state index contributed by atoms with van der Waals surface area (Å²) in [7, 11) is 0. The maximum absolute atomic E-state index is 10.9. The van der Waals surface area contributed by atoms with Crippen LogP contribution < -0.4 is 10.6 Å². The number of nitrogens with zero attached hydrogens (tertiary/aromatic N) is 2. The number of hydrogen-bond acceptors (Lipinski definition) is 4. The lowest BCUT2D eigenvalue weighted by atomic mass is 10.3. The topological polar surface area (TPSA) is 66.6 Å². The fourth-order valence-corrected chi connectivity index (χ4v) is 1.81. The molecule has 0 radical (unpaired) electrons. The van der Waals surface area contributed by atoms with Crippen LogP contribution in [0.4, 0.5) is 5.69 Å². The van der Waals surface area contributed by atoms with Crippen LogP contribution in [0.1, 0.15) is 12.8 Å². The van der Waals surface area contributed by atoms with Gasteiger partial charge in [0.2, 0.25) is 6.41 Å². The third-order valence-corrected chi connectivity index (χ3v) is 2.92. The molecule has 0 atom stereocenters. The Morgan fingerprint density at radius 3 is 2.37 bits per heavy atom. The van der Waals surface area contributed by atoms with Gasteiger partial charge in [-0.3, -0.25) is 4.79 Å². The molecule has 1 aromatic carbocycles. The first kappa shape index (κ1) is 15.2. The highest BCUT2D eigenvalue weighted by Crippen LogP contribution is 2.11. The Morgan fingerprint density at radius 1 is 1.05 bits per heavy atom. The molecule has 1 rings (SSSR count). The Balaban J connectivity index is 2.43. The van der Waals surface area contributed by atoms with Crippen molar-refractivity contribution in [2.24, 2.45) is 5.73 Å². The minimum absolute atomic E-state index is 0.408. The smallest absolute Gasteiger partial charge is 0.209 e. The van der Waals surface area contributed by atoms with E-state index in [-0.39, 0.29) is 0 Å². The first-order valence-corrected chi connectivity index (χ1v) is 6.45. The number of nitrogens with two attached hydrogens (primary N) is 1. The summed E-state index contributed by atoms with van der Waals surface area (Å²) in [6.07, 6.45) is 2.89. The molecule has 5 heteroatoms. The maximum atomic E-state index is 10.9. The third kappa shape index (κ3) is 5.52. The Morgan fingerprint density at radius 2 is 1.79 bits per heavy atom. The van der Waals surface area contributed by atoms with Crippen LogP contribution in [-0.4, -0.2) is 43.9 Å². The fraction of sp³-hybridized carbons (Fsp3) is 0.429. The summed E-state index contributed by atoms with van der Waals surface area (Å²) in [6.45, 7) is 2.30. The second-order valence-corrected chi connectivity index (χ2v) is 4.23. The molecule has 0 heterocycles. The molecule has 19 heavy (non-hydrogen) atoms. The molecule has 0 aromatic heterocycles. The van der Waals surface area contributed by atoms with Gasteiger partial charge in [0, 0.05) is 31.7 Å². The zero-order valence-corrected chi connectivity index (χ0v) is 11.1. The van der Waals surface area contributed by atoms with Gasteiger partial charge in [0.05, 0.1) is 6.67 Å². The van der Waals surface area contributed by atoms with Crippen LogP contribution >= 0.6 is 0 Å². The van der Waals surface area contributed by atoms with Crippen molar-refractivity contribution in [2.75, 3.05) is 31.2 Å². The lowest BCUT2D eigenvalue weighted by molar-refractivity contribution is -0.118. The van der Waals surface area contributed by atoms with E-state index >= 15 is 0 Å². The number of amides is 1. The standard InChI is InChI=1S/C14H21N3O2/c15-12-17(14-6-2-1-3-7-14)10-9-16(13-19)8-4-5-11-18/h1-3,6-7,11,13H,4-5,8-10,12,15H2. The average Bonchev–Trinajstić information content (AvgIpc) is 2.47. The lowest BCUT2D eigenvalue weighted by Gasteiger charge is -2.26. The van der Waals surface area contributed by atoms with Gasteiger partial charge >= 0.3 is 0 Å². The molecule has 0 aliphatic carbocycles. The Kier molecular flexibility index (Phi) is 7.27. The summed E-state index contributed by atoms with van der Waals surface area (Å²) in [5, 5.41) is 0. The van der Waals surface area contributed by atoms with Crippen LogP contribution in [-0.2, 0) is 9.59 Å². The van der Waals surface area contributed by atoms with E-state index < -0.39 is 0 Å². The molecule has 104 valence electrons. The molecule has 0 fully saturated rings. The van der Waals surface area contributed by atoms with Crippen molar-refractivity contribution in [1.82, 2.24) is 4.90 Å². The van der Waals surface area contributed by atoms with E-state index in [1.165, 1.54) is 0 Å². The first-order chi connectivity index (χ1) is 9.31. The van der Waals surface area contributed by atoms with Gasteiger partial charge in [-0.2, -0.15) is 0 Å². The van der Waals surface area contributed by atoms with Gasteiger partial charge in [-0.1, -0.05) is 18.2 Å². The van der Waals surface area contributed by atoms with E-state index in [2.05, 4.69) is 0 Å². The summed E-state index contributed by atoms with van der Waals surface area (Å²) >= 11 is 0. The molecule has 0 unspecified atom stereocenters. The number of rotatable bonds is 10. The molecular formula is C14H21N3O2. The van der Waals surface area contributed by atoms with Gasteiger partial charge in [-0.05, 0) is 18.6 Å². The van der Waals surface area contributed by atoms with Crippen LogP contribution in [0.25, 0.3) is 0 Å². The first-order valence-electron chi connectivity index (χ1n) is 6.45. The number of anilines is 1. The van der Waals surface area contributed by atoms with E-state index in [0.717, 1.165) is 18.4 Å². The number of para-hydroxylation sites is 1. The molecule has 2 N–H and O–H groups in total. The second-order valence-electron chi connectivity index (χ2n) is 4.23. The number of aldehydes is 1. The summed E-state index contributed by atoms with van der Waals surface area (Å²) < 4.78 is 0. The van der Waals surface area contributed by atoms with Crippen molar-refractivity contribution in [3.05, 3.63) is 30.3 Å². The normalized spacial score (nSPS) is 9.95. The summed E-state index contributed by atoms with van der Waals surface area (Å²) in [6, 6.07) is 9.85. The van der Waals surface area contributed by atoms with Gasteiger partial charge in [0.1, 0.15) is 6.29 Å². The van der Waals surface area contributed by atoms with E-state index in [9.17, 15) is 9.59 Å². The zero-order chi connectivity index (χ0) is 13.9. The van der Waals surface area contributed by atoms with E-state index in [1.54, 1.807) is 4.90 Å². The van der Waals surface area contributed by atoms with Gasteiger partial charge in [0.15, 0.2) is 0 Å². The Hall–Kier alpha value is -1.88. The molecule has 0 aliphatic heterocycles. The largest absolute Gasteiger partial charge is 0.357 e. The summed E-state index contributed by atoms with van der Waals surface area (Å²) in [5.41, 5.74) is 6.77. The van der Waals surface area contributed by atoms with Gasteiger partial charge in [-0.25, -0.2) is 0 Å². The summed E-state index contributed by atoms with van der Waals surface area (Å²) in [4.78, 5) is 24.9. The predicted octanol–water partition coefficient (Wildman–Crippen LogP) is 0.847. The van der Waals surface area contributed by atoms with Crippen molar-refractivity contribution in [1.29, 1.82) is 0 Å². The maximum Gasteiger partial charge on any atom is 0.209 e. The van der Waals surface area contributed by atoms with Crippen LogP contribution in [0, 0.1) is 0 Å². The van der Waals surface area contributed by atoms with Crippen molar-refractivity contribution >= 4 is 18.4 Å². The average molecular weight is 263 g/mol. The van der Waals surface area contributed by atoms with Crippen LogP contribution in [0.5, 0.6) is 0 Å². The molecule has 0 aliphatic rings. The second kappa shape index (κ2) is 9.10. The number of carbonyl (C=O) groups excluding carboxylic acids is 2. The van der Waals surface area contributed by atoms with Gasteiger partial charge in [0.25, 0.3) is 0 Å². The van der Waals surface area contributed by atoms with E-state index in [4.69, 9.17) is 5.73 Å². The quantitative estimate of drug-likeness (QED) is 0.386. The molecule has 0 saturated heterocycles. The molecule has 1 amide bonds. The van der Waals surface area contributed by atoms with Crippen molar-refractivity contribution in [3.8, 4) is 0 Å². The number of benzene rings is 1. The zero-order valence-electron chi connectivity index (χ0n) is 11.1. The predicted molar refractivity (Wildman–Crippen MR) is 75.8 cm³/mol. The molecule has 0 bridgehead atoms. The molecule has 1 aromatic rings. The Labute approximate surface area is 114 Å². The lowest BCUT2D eigenvalue weighted by Crippen LogP contribution is -2.38. The Bertz CT molecular complexity index is 370. The highest BCUT2D eigenvalue weighted by atomic mass is 16.1. The fourth-order valence-electron chi connectivity index (χ4n) is 1.81. The van der Waals surface area contributed by atoms with Crippen molar-refractivity contribution in [3.63, 3.8) is 0 Å². The molecule has 0 saturated carbocycles. The monoisotopic (exact) mass is 263 g/mol. The van der Waals surface area contributed by atoms with Gasteiger partial charge < -0.3 is 20.3 Å². The van der Waals surface area contributed by atoms with E-state index in [0.29, 0.717) is 39.1 Å². The van der Waals surface area contributed by atoms with E-state index in [1.807, 2.05) is 35.2 Å². The van der Waals surface area contributed by atoms with Crippen molar-refractivity contribution in [2.45, 2.75) is 12.8 Å². The minimum Gasteiger partial charge on any atom is -0.357 e. The highest BCUT2D eigenvalue weighted by molar-refractivity contribution is 5.50. The van der Waals surface area contributed by atoms with Crippen LogP contribution in [0.15, 0.2) is 30.3 Å². The molecular weight excluding hydrogens is 242 g/mol. The number of unbranched alkanes of at least 4 members (excludes halogenated alkanes) is 1. The van der Waals surface area contributed by atoms with Crippen LogP contribution in [0.3, 0.4) is 0 Å². The molecule has 5 nitrogen and oxygen atoms in total. The third-order valence-electron chi connectivity index (χ3n) is 2.92. The number of hydrogen-bond donors (Lipinski definition) is 1. The molecule has 0 spiro atoms. The SMILES string of the molecule is NCN(CCN(C=O)CCCC=O)c1ccccc1. The highest BCUT2D eigenvalue weighted by Gasteiger charge is 2.07. The van der Waals surface area contributed by atoms with Crippen molar-refractivity contribution < 1.29 is 9.59 Å². The van der Waals surface area contributed by atoms with Crippen LogP contribution in [0.2, 0.25) is 0 Å². The summed E-state index contributed by atoms with van der Waals surface area (Å²) in [5.74, 6) is 0. The minimum atomic E-state index is 0.408. The number of carbonyl (C=O) groups is 2.